The molecule has 2 saturated heterocycles. The Balaban J connectivity index is 1.63. The molecule has 2 fully saturated rings. The lowest BCUT2D eigenvalue weighted by Gasteiger charge is -2.27. The van der Waals surface area contributed by atoms with Crippen molar-refractivity contribution < 1.29 is 9.18 Å². The molecule has 7 heteroatoms. The van der Waals surface area contributed by atoms with E-state index >= 15 is 0 Å². The van der Waals surface area contributed by atoms with Crippen molar-refractivity contribution in [3.63, 3.8) is 0 Å². The Bertz CT molecular complexity index is 837. The lowest BCUT2D eigenvalue weighted by molar-refractivity contribution is -0.131. The fourth-order valence-corrected chi connectivity index (χ4v) is 4.11. The van der Waals surface area contributed by atoms with Gasteiger partial charge in [-0.15, -0.1) is 0 Å². The van der Waals surface area contributed by atoms with Crippen LogP contribution in [0.3, 0.4) is 0 Å². The first-order valence-corrected chi connectivity index (χ1v) is 9.52. The van der Waals surface area contributed by atoms with Crippen LogP contribution in [0.5, 0.6) is 0 Å². The highest BCUT2D eigenvalue weighted by Gasteiger charge is 2.32. The summed E-state index contributed by atoms with van der Waals surface area (Å²) in [4.78, 5) is 25.3. The maximum Gasteiger partial charge on any atom is 0.236 e. The number of hydrogen-bond acceptors (Lipinski definition) is 5. The number of amides is 1. The van der Waals surface area contributed by atoms with Crippen LogP contribution in [0, 0.1) is 5.82 Å². The molecule has 0 radical (unpaired) electrons. The van der Waals surface area contributed by atoms with E-state index in [0.29, 0.717) is 6.54 Å². The summed E-state index contributed by atoms with van der Waals surface area (Å²) in [5, 5.41) is 0. The van der Waals surface area contributed by atoms with Gasteiger partial charge in [0, 0.05) is 24.8 Å². The summed E-state index contributed by atoms with van der Waals surface area (Å²) in [6.07, 6.45) is 5.71. The monoisotopic (exact) mass is 369 g/mol. The van der Waals surface area contributed by atoms with Crippen molar-refractivity contribution in [1.82, 2.24) is 19.8 Å². The van der Waals surface area contributed by atoms with Gasteiger partial charge in [-0.05, 0) is 49.9 Å². The van der Waals surface area contributed by atoms with Crippen molar-refractivity contribution >= 4 is 11.9 Å². The van der Waals surface area contributed by atoms with Crippen molar-refractivity contribution in [1.29, 1.82) is 0 Å². The lowest BCUT2D eigenvalue weighted by atomic mass is 9.99. The van der Waals surface area contributed by atoms with Crippen LogP contribution >= 0.6 is 0 Å². The average molecular weight is 369 g/mol. The molecule has 1 aromatic carbocycles. The molecule has 1 amide bonds. The quantitative estimate of drug-likeness (QED) is 0.897. The van der Waals surface area contributed by atoms with Crippen molar-refractivity contribution in [2.75, 3.05) is 31.9 Å². The van der Waals surface area contributed by atoms with Gasteiger partial charge >= 0.3 is 0 Å². The average Bonchev–Trinajstić information content (AvgIpc) is 3.33. The van der Waals surface area contributed by atoms with Crippen molar-refractivity contribution in [3.05, 3.63) is 42.0 Å². The highest BCUT2D eigenvalue weighted by atomic mass is 19.1. The number of hydrogen-bond donors (Lipinski definition) is 1. The first kappa shape index (κ1) is 17.9. The minimum atomic E-state index is -0.303. The number of anilines is 1. The summed E-state index contributed by atoms with van der Waals surface area (Å²) in [5.41, 5.74) is 8.13. The van der Waals surface area contributed by atoms with E-state index in [0.717, 1.165) is 62.1 Å². The van der Waals surface area contributed by atoms with Crippen LogP contribution < -0.4 is 5.73 Å². The molecule has 0 aliphatic carbocycles. The Hall–Kier alpha value is -2.54. The van der Waals surface area contributed by atoms with E-state index in [1.807, 2.05) is 11.0 Å². The molecule has 2 aliphatic heterocycles. The highest BCUT2D eigenvalue weighted by Crippen LogP contribution is 2.36. The van der Waals surface area contributed by atoms with Crippen LogP contribution in [-0.4, -0.2) is 51.9 Å². The molecule has 27 heavy (non-hydrogen) atoms. The summed E-state index contributed by atoms with van der Waals surface area (Å²) in [5.74, 6) is 0.0689. The van der Waals surface area contributed by atoms with E-state index in [2.05, 4.69) is 14.9 Å². The minimum absolute atomic E-state index is 0.0138. The predicted molar refractivity (Wildman–Crippen MR) is 101 cm³/mol. The zero-order chi connectivity index (χ0) is 18.8. The number of benzene rings is 1. The second kappa shape index (κ2) is 7.60. The number of nitrogens with two attached hydrogens (primary N) is 1. The van der Waals surface area contributed by atoms with E-state index in [9.17, 15) is 9.18 Å². The second-order valence-corrected chi connectivity index (χ2v) is 7.25. The standard InChI is InChI=1S/C20H24FN5O/c21-15-6-3-5-14(11-15)16-12-23-20(22)24-19(16)17-7-4-10-26(17)13-18(27)25-8-1-2-9-25/h3,5-6,11-12,17H,1-2,4,7-10,13H2,(H2,22,23,24)/t17-/m1/s1. The van der Waals surface area contributed by atoms with E-state index in [1.165, 1.54) is 12.1 Å². The maximum absolute atomic E-state index is 13.7. The molecule has 1 atom stereocenters. The first-order chi connectivity index (χ1) is 13.1. The van der Waals surface area contributed by atoms with Crippen LogP contribution in [0.2, 0.25) is 0 Å². The van der Waals surface area contributed by atoms with E-state index in [1.54, 1.807) is 12.3 Å². The number of nitrogens with zero attached hydrogens (tertiary/aromatic N) is 4. The highest BCUT2D eigenvalue weighted by molar-refractivity contribution is 5.78. The number of carbonyl (C=O) groups excluding carboxylic acids is 1. The van der Waals surface area contributed by atoms with Crippen LogP contribution in [0.15, 0.2) is 30.5 Å². The smallest absolute Gasteiger partial charge is 0.236 e. The molecule has 1 aromatic heterocycles. The molecule has 6 nitrogen and oxygen atoms in total. The fourth-order valence-electron chi connectivity index (χ4n) is 4.11. The third kappa shape index (κ3) is 3.78. The third-order valence-corrected chi connectivity index (χ3v) is 5.45. The van der Waals surface area contributed by atoms with Crippen LogP contribution in [0.25, 0.3) is 11.1 Å². The largest absolute Gasteiger partial charge is 0.368 e. The number of likely N-dealkylation sites (tertiary alicyclic amines) is 2. The molecule has 142 valence electrons. The van der Waals surface area contributed by atoms with Gasteiger partial charge in [0.25, 0.3) is 0 Å². The minimum Gasteiger partial charge on any atom is -0.368 e. The summed E-state index contributed by atoms with van der Waals surface area (Å²) in [6, 6.07) is 6.40. The summed E-state index contributed by atoms with van der Waals surface area (Å²) < 4.78 is 13.7. The topological polar surface area (TPSA) is 75.3 Å². The fraction of sp³-hybridized carbons (Fsp3) is 0.450. The third-order valence-electron chi connectivity index (χ3n) is 5.45. The Kier molecular flexibility index (Phi) is 5.03. The maximum atomic E-state index is 13.7. The van der Waals surface area contributed by atoms with Crippen LogP contribution in [-0.2, 0) is 4.79 Å². The van der Waals surface area contributed by atoms with Crippen molar-refractivity contribution in [3.8, 4) is 11.1 Å². The van der Waals surface area contributed by atoms with E-state index in [4.69, 9.17) is 5.73 Å². The van der Waals surface area contributed by atoms with E-state index < -0.39 is 0 Å². The SMILES string of the molecule is Nc1ncc(-c2cccc(F)c2)c([C@H]2CCCN2CC(=O)N2CCCC2)n1. The van der Waals surface area contributed by atoms with Gasteiger partial charge in [-0.2, -0.15) is 0 Å². The summed E-state index contributed by atoms with van der Waals surface area (Å²) in [7, 11) is 0. The molecule has 2 N–H and O–H groups in total. The molecule has 2 aromatic rings. The molecular formula is C20H24FN5O. The molecule has 0 spiro atoms. The van der Waals surface area contributed by atoms with Crippen LogP contribution in [0.1, 0.15) is 37.4 Å². The molecule has 0 unspecified atom stereocenters. The van der Waals surface area contributed by atoms with Crippen LogP contribution in [0.4, 0.5) is 10.3 Å². The second-order valence-electron chi connectivity index (χ2n) is 7.25. The zero-order valence-corrected chi connectivity index (χ0v) is 15.3. The summed E-state index contributed by atoms with van der Waals surface area (Å²) >= 11 is 0. The molecule has 2 aliphatic rings. The number of nitrogen functional groups attached to an aromatic ring is 1. The van der Waals surface area contributed by atoms with Gasteiger partial charge in [-0.3, -0.25) is 9.69 Å². The van der Waals surface area contributed by atoms with Gasteiger partial charge in [-0.25, -0.2) is 14.4 Å². The Morgan fingerprint density at radius 3 is 2.81 bits per heavy atom. The molecule has 3 heterocycles. The van der Waals surface area contributed by atoms with Gasteiger partial charge in [0.2, 0.25) is 11.9 Å². The Morgan fingerprint density at radius 2 is 2.04 bits per heavy atom. The number of rotatable bonds is 4. The molecule has 0 saturated carbocycles. The Labute approximate surface area is 158 Å². The number of aromatic nitrogens is 2. The zero-order valence-electron chi connectivity index (χ0n) is 15.3. The predicted octanol–water partition coefficient (Wildman–Crippen LogP) is 2.62. The summed E-state index contributed by atoms with van der Waals surface area (Å²) in [6.45, 7) is 2.94. The van der Waals surface area contributed by atoms with Crippen molar-refractivity contribution in [2.24, 2.45) is 0 Å². The van der Waals surface area contributed by atoms with Gasteiger partial charge in [0.1, 0.15) is 5.82 Å². The normalized spacial score (nSPS) is 20.3. The first-order valence-electron chi connectivity index (χ1n) is 9.52. The van der Waals surface area contributed by atoms with Gasteiger partial charge in [0.05, 0.1) is 18.3 Å². The number of carbonyl (C=O) groups is 1. The van der Waals surface area contributed by atoms with Crippen molar-refractivity contribution in [2.45, 2.75) is 31.7 Å². The van der Waals surface area contributed by atoms with Gasteiger partial charge in [0.15, 0.2) is 0 Å². The van der Waals surface area contributed by atoms with Gasteiger partial charge < -0.3 is 10.6 Å². The van der Waals surface area contributed by atoms with Gasteiger partial charge in [-0.1, -0.05) is 12.1 Å². The lowest BCUT2D eigenvalue weighted by Crippen LogP contribution is -2.39. The van der Waals surface area contributed by atoms with E-state index in [-0.39, 0.29) is 23.7 Å². The Morgan fingerprint density at radius 1 is 1.22 bits per heavy atom. The molecular weight excluding hydrogens is 345 g/mol. The molecule has 0 bridgehead atoms. The molecule has 4 rings (SSSR count). The number of halogens is 1.